The van der Waals surface area contributed by atoms with Gasteiger partial charge in [-0.3, -0.25) is 9.36 Å². The van der Waals surface area contributed by atoms with E-state index in [4.69, 9.17) is 5.73 Å². The van der Waals surface area contributed by atoms with Gasteiger partial charge < -0.3 is 5.73 Å². The van der Waals surface area contributed by atoms with Crippen molar-refractivity contribution >= 4 is 32.8 Å². The van der Waals surface area contributed by atoms with Crippen LogP contribution in [0, 0.1) is 0 Å². The summed E-state index contributed by atoms with van der Waals surface area (Å²) < 4.78 is 2.38. The summed E-state index contributed by atoms with van der Waals surface area (Å²) in [4.78, 5) is 17.1. The SMILES string of the molecule is C[C@@H](c1ccccc1)n1c(N)nc2ccc(Br)cc2c1=O. The van der Waals surface area contributed by atoms with Crippen molar-refractivity contribution in [2.75, 3.05) is 5.73 Å². The Labute approximate surface area is 130 Å². The Kier molecular flexibility index (Phi) is 3.51. The number of nitrogens with two attached hydrogens (primary N) is 1. The second kappa shape index (κ2) is 5.33. The molecule has 0 amide bonds. The van der Waals surface area contributed by atoms with Crippen LogP contribution in [0.5, 0.6) is 0 Å². The molecule has 2 N–H and O–H groups in total. The molecule has 0 aliphatic heterocycles. The fraction of sp³-hybridized carbons (Fsp3) is 0.125. The maximum atomic E-state index is 12.7. The van der Waals surface area contributed by atoms with E-state index in [2.05, 4.69) is 20.9 Å². The largest absolute Gasteiger partial charge is 0.369 e. The topological polar surface area (TPSA) is 60.9 Å². The zero-order chi connectivity index (χ0) is 15.0. The van der Waals surface area contributed by atoms with Crippen molar-refractivity contribution in [3.05, 3.63) is 68.9 Å². The second-order valence-corrected chi connectivity index (χ2v) is 5.81. The van der Waals surface area contributed by atoms with Crippen LogP contribution in [0.3, 0.4) is 0 Å². The van der Waals surface area contributed by atoms with Crippen molar-refractivity contribution in [3.63, 3.8) is 0 Å². The molecule has 0 saturated carbocycles. The molecule has 0 spiro atoms. The van der Waals surface area contributed by atoms with Gasteiger partial charge in [0.15, 0.2) is 0 Å². The molecular weight excluding hydrogens is 330 g/mol. The molecule has 0 saturated heterocycles. The van der Waals surface area contributed by atoms with Crippen LogP contribution in [0.25, 0.3) is 10.9 Å². The van der Waals surface area contributed by atoms with E-state index in [0.29, 0.717) is 10.9 Å². The molecule has 4 nitrogen and oxygen atoms in total. The van der Waals surface area contributed by atoms with Gasteiger partial charge in [-0.1, -0.05) is 46.3 Å². The number of anilines is 1. The minimum Gasteiger partial charge on any atom is -0.369 e. The lowest BCUT2D eigenvalue weighted by Gasteiger charge is -2.18. The molecule has 3 rings (SSSR count). The Morgan fingerprint density at radius 1 is 1.19 bits per heavy atom. The Morgan fingerprint density at radius 3 is 2.62 bits per heavy atom. The Balaban J connectivity index is 2.25. The molecule has 1 atom stereocenters. The lowest BCUT2D eigenvalue weighted by Crippen LogP contribution is -2.27. The summed E-state index contributed by atoms with van der Waals surface area (Å²) in [6, 6.07) is 15.0. The van der Waals surface area contributed by atoms with Crippen molar-refractivity contribution in [1.82, 2.24) is 9.55 Å². The fourth-order valence-electron chi connectivity index (χ4n) is 2.44. The van der Waals surface area contributed by atoms with Gasteiger partial charge in [-0.25, -0.2) is 4.98 Å². The standard InChI is InChI=1S/C16H14BrN3O/c1-10(11-5-3-2-4-6-11)20-15(21)13-9-12(17)7-8-14(13)19-16(20)18/h2-10H,1H3,(H2,18,19)/t10-/m0/s1. The Bertz CT molecular complexity index is 859. The Hall–Kier alpha value is -2.14. The number of rotatable bonds is 2. The average Bonchev–Trinajstić information content (AvgIpc) is 2.49. The highest BCUT2D eigenvalue weighted by molar-refractivity contribution is 9.10. The third-order valence-corrected chi connectivity index (χ3v) is 4.05. The van der Waals surface area contributed by atoms with Crippen molar-refractivity contribution in [1.29, 1.82) is 0 Å². The highest BCUT2D eigenvalue weighted by atomic mass is 79.9. The van der Waals surface area contributed by atoms with Crippen molar-refractivity contribution in [2.24, 2.45) is 0 Å². The monoisotopic (exact) mass is 343 g/mol. The zero-order valence-electron chi connectivity index (χ0n) is 11.5. The normalized spacial score (nSPS) is 12.5. The first-order chi connectivity index (χ1) is 10.1. The average molecular weight is 344 g/mol. The van der Waals surface area contributed by atoms with Crippen LogP contribution in [0.2, 0.25) is 0 Å². The van der Waals surface area contributed by atoms with E-state index >= 15 is 0 Å². The van der Waals surface area contributed by atoms with Gasteiger partial charge in [-0.05, 0) is 30.7 Å². The smallest absolute Gasteiger partial charge is 0.263 e. The number of aromatic nitrogens is 2. The van der Waals surface area contributed by atoms with E-state index in [-0.39, 0.29) is 17.5 Å². The highest BCUT2D eigenvalue weighted by Gasteiger charge is 2.15. The first kappa shape index (κ1) is 13.8. The number of hydrogen-bond acceptors (Lipinski definition) is 3. The summed E-state index contributed by atoms with van der Waals surface area (Å²) in [5, 5.41) is 0.557. The quantitative estimate of drug-likeness (QED) is 0.776. The van der Waals surface area contributed by atoms with Crippen LogP contribution in [0.1, 0.15) is 18.5 Å². The second-order valence-electron chi connectivity index (χ2n) is 4.89. The molecule has 3 aromatic rings. The van der Waals surface area contributed by atoms with E-state index in [0.717, 1.165) is 10.0 Å². The van der Waals surface area contributed by atoms with Gasteiger partial charge in [-0.2, -0.15) is 0 Å². The summed E-state index contributed by atoms with van der Waals surface area (Å²) in [5.74, 6) is 0.228. The molecule has 0 fully saturated rings. The number of hydrogen-bond donors (Lipinski definition) is 1. The molecule has 106 valence electrons. The van der Waals surface area contributed by atoms with Gasteiger partial charge in [0.25, 0.3) is 5.56 Å². The van der Waals surface area contributed by atoms with Crippen LogP contribution in [-0.4, -0.2) is 9.55 Å². The third kappa shape index (κ3) is 2.45. The van der Waals surface area contributed by atoms with E-state index in [1.165, 1.54) is 4.57 Å². The van der Waals surface area contributed by atoms with E-state index < -0.39 is 0 Å². The van der Waals surface area contributed by atoms with Crippen LogP contribution in [0.15, 0.2) is 57.8 Å². The summed E-state index contributed by atoms with van der Waals surface area (Å²) in [6.07, 6.45) is 0. The molecule has 0 aliphatic carbocycles. The zero-order valence-corrected chi connectivity index (χ0v) is 13.0. The van der Waals surface area contributed by atoms with Crippen LogP contribution >= 0.6 is 15.9 Å². The van der Waals surface area contributed by atoms with Crippen molar-refractivity contribution in [2.45, 2.75) is 13.0 Å². The van der Waals surface area contributed by atoms with E-state index in [9.17, 15) is 4.79 Å². The molecule has 2 aromatic carbocycles. The van der Waals surface area contributed by atoms with Crippen molar-refractivity contribution < 1.29 is 0 Å². The van der Waals surface area contributed by atoms with Gasteiger partial charge >= 0.3 is 0 Å². The third-order valence-electron chi connectivity index (χ3n) is 3.56. The summed E-state index contributed by atoms with van der Waals surface area (Å²) in [7, 11) is 0. The maximum Gasteiger partial charge on any atom is 0.263 e. The highest BCUT2D eigenvalue weighted by Crippen LogP contribution is 2.21. The minimum atomic E-state index is -0.172. The molecule has 0 bridgehead atoms. The van der Waals surface area contributed by atoms with Gasteiger partial charge in [-0.15, -0.1) is 0 Å². The number of nitrogen functional groups attached to an aromatic ring is 1. The molecule has 21 heavy (non-hydrogen) atoms. The summed E-state index contributed by atoms with van der Waals surface area (Å²) >= 11 is 3.38. The maximum absolute atomic E-state index is 12.7. The van der Waals surface area contributed by atoms with Crippen LogP contribution in [0.4, 0.5) is 5.95 Å². The molecule has 0 unspecified atom stereocenters. The fourth-order valence-corrected chi connectivity index (χ4v) is 2.80. The number of fused-ring (bicyclic) bond motifs is 1. The van der Waals surface area contributed by atoms with Gasteiger partial charge in [0, 0.05) is 4.47 Å². The predicted molar refractivity (Wildman–Crippen MR) is 88.4 cm³/mol. The summed E-state index contributed by atoms with van der Waals surface area (Å²) in [6.45, 7) is 1.94. The Morgan fingerprint density at radius 2 is 1.90 bits per heavy atom. The van der Waals surface area contributed by atoms with E-state index in [1.54, 1.807) is 12.1 Å². The van der Waals surface area contributed by atoms with Crippen LogP contribution < -0.4 is 11.3 Å². The molecule has 1 aromatic heterocycles. The molecule has 1 heterocycles. The molecule has 0 radical (unpaired) electrons. The van der Waals surface area contributed by atoms with Gasteiger partial charge in [0.1, 0.15) is 0 Å². The number of nitrogens with zero attached hydrogens (tertiary/aromatic N) is 2. The van der Waals surface area contributed by atoms with Crippen LogP contribution in [-0.2, 0) is 0 Å². The lowest BCUT2D eigenvalue weighted by molar-refractivity contribution is 0.620. The van der Waals surface area contributed by atoms with Crippen molar-refractivity contribution in [3.8, 4) is 0 Å². The van der Waals surface area contributed by atoms with Gasteiger partial charge in [0.2, 0.25) is 5.95 Å². The number of halogens is 1. The lowest BCUT2D eigenvalue weighted by atomic mass is 10.1. The number of benzene rings is 2. The van der Waals surface area contributed by atoms with Gasteiger partial charge in [0.05, 0.1) is 16.9 Å². The summed E-state index contributed by atoms with van der Waals surface area (Å²) in [5.41, 5.74) is 7.50. The molecular formula is C16H14BrN3O. The molecule has 5 heteroatoms. The first-order valence-corrected chi connectivity index (χ1v) is 7.39. The van der Waals surface area contributed by atoms with E-state index in [1.807, 2.05) is 43.3 Å². The first-order valence-electron chi connectivity index (χ1n) is 6.60. The molecule has 0 aliphatic rings. The predicted octanol–water partition coefficient (Wildman–Crippen LogP) is 3.35. The minimum absolute atomic E-state index is 0.129.